The molecule has 0 fully saturated rings. The molecule has 0 bridgehead atoms. The van der Waals surface area contributed by atoms with Gasteiger partial charge in [0.25, 0.3) is 0 Å². The maximum Gasteiger partial charge on any atom is 0.337 e. The molecule has 0 aliphatic carbocycles. The molecule has 1 N–H and O–H groups in total. The molecule has 0 radical (unpaired) electrons. The minimum Gasteiger partial charge on any atom is -0.478 e. The summed E-state index contributed by atoms with van der Waals surface area (Å²) in [4.78, 5) is 14.9. The number of rotatable bonds is 1. The van der Waals surface area contributed by atoms with Crippen molar-refractivity contribution in [1.29, 1.82) is 0 Å². The Hall–Kier alpha value is -1.84. The zero-order valence-corrected chi connectivity index (χ0v) is 7.98. The van der Waals surface area contributed by atoms with Gasteiger partial charge in [-0.1, -0.05) is 0 Å². The van der Waals surface area contributed by atoms with Crippen LogP contribution in [-0.2, 0) is 7.05 Å². The van der Waals surface area contributed by atoms with Crippen LogP contribution in [0.2, 0.25) is 0 Å². The summed E-state index contributed by atoms with van der Waals surface area (Å²) in [5.41, 5.74) is 1.85. The van der Waals surface area contributed by atoms with Crippen molar-refractivity contribution in [3.05, 3.63) is 29.6 Å². The van der Waals surface area contributed by atoms with Crippen LogP contribution in [0.4, 0.5) is 0 Å². The lowest BCUT2D eigenvalue weighted by molar-refractivity contribution is 0.0696. The Bertz CT molecular complexity index is 514. The molecule has 2 aromatic rings. The minimum absolute atomic E-state index is 0.267. The van der Waals surface area contributed by atoms with Crippen molar-refractivity contribution in [1.82, 2.24) is 9.55 Å². The second-order valence-electron chi connectivity index (χ2n) is 3.27. The van der Waals surface area contributed by atoms with E-state index in [0.29, 0.717) is 0 Å². The highest BCUT2D eigenvalue weighted by molar-refractivity contribution is 5.95. The Morgan fingerprint density at radius 1 is 1.57 bits per heavy atom. The average molecular weight is 190 g/mol. The number of nitrogens with zero attached hydrogens (tertiary/aromatic N) is 2. The number of aromatic nitrogens is 2. The number of aromatic carboxylic acids is 1. The largest absolute Gasteiger partial charge is 0.478 e. The summed E-state index contributed by atoms with van der Waals surface area (Å²) < 4.78 is 1.87. The molecule has 2 aromatic heterocycles. The van der Waals surface area contributed by atoms with E-state index in [0.717, 1.165) is 16.6 Å². The van der Waals surface area contributed by atoms with E-state index in [9.17, 15) is 4.79 Å². The van der Waals surface area contributed by atoms with Gasteiger partial charge in [-0.15, -0.1) is 0 Å². The van der Waals surface area contributed by atoms with Gasteiger partial charge >= 0.3 is 5.97 Å². The zero-order valence-electron chi connectivity index (χ0n) is 7.98. The first kappa shape index (κ1) is 8.74. The number of aryl methyl sites for hydroxylation is 2. The molecule has 0 aliphatic rings. The van der Waals surface area contributed by atoms with Crippen LogP contribution in [-0.4, -0.2) is 20.6 Å². The topological polar surface area (TPSA) is 55.1 Å². The number of hydrogen-bond donors (Lipinski definition) is 1. The second-order valence-corrected chi connectivity index (χ2v) is 3.27. The van der Waals surface area contributed by atoms with Crippen LogP contribution in [0.15, 0.2) is 18.5 Å². The maximum atomic E-state index is 10.8. The quantitative estimate of drug-likeness (QED) is 0.742. The molecule has 2 rings (SSSR count). The molecular formula is C10H10N2O2. The van der Waals surface area contributed by atoms with Crippen molar-refractivity contribution in [2.24, 2.45) is 7.05 Å². The second kappa shape index (κ2) is 2.83. The summed E-state index contributed by atoms with van der Waals surface area (Å²) >= 11 is 0. The molecule has 0 atom stereocenters. The van der Waals surface area contributed by atoms with E-state index in [1.807, 2.05) is 23.9 Å². The highest BCUT2D eigenvalue weighted by Crippen LogP contribution is 2.19. The van der Waals surface area contributed by atoms with Gasteiger partial charge in [-0.2, -0.15) is 0 Å². The molecule has 0 aliphatic heterocycles. The first-order valence-electron chi connectivity index (χ1n) is 4.25. The number of pyridine rings is 1. The van der Waals surface area contributed by atoms with Gasteiger partial charge in [0, 0.05) is 24.8 Å². The van der Waals surface area contributed by atoms with Crippen molar-refractivity contribution < 1.29 is 9.90 Å². The highest BCUT2D eigenvalue weighted by Gasteiger charge is 2.11. The van der Waals surface area contributed by atoms with E-state index in [4.69, 9.17) is 5.11 Å². The van der Waals surface area contributed by atoms with Crippen LogP contribution in [0.5, 0.6) is 0 Å². The number of carboxylic acids is 1. The van der Waals surface area contributed by atoms with E-state index in [2.05, 4.69) is 4.98 Å². The first-order valence-corrected chi connectivity index (χ1v) is 4.25. The SMILES string of the molecule is Cc1c(C(=O)O)cnc2c1ccn2C. The van der Waals surface area contributed by atoms with E-state index in [1.165, 1.54) is 6.20 Å². The standard InChI is InChI=1S/C10H10N2O2/c1-6-7-3-4-12(2)9(7)11-5-8(6)10(13)14/h3-5H,1-2H3,(H,13,14). The van der Waals surface area contributed by atoms with Crippen molar-refractivity contribution >= 4 is 17.0 Å². The lowest BCUT2D eigenvalue weighted by Gasteiger charge is -2.02. The van der Waals surface area contributed by atoms with E-state index in [1.54, 1.807) is 6.92 Å². The van der Waals surface area contributed by atoms with E-state index in [-0.39, 0.29) is 5.56 Å². The molecule has 14 heavy (non-hydrogen) atoms. The number of fused-ring (bicyclic) bond motifs is 1. The summed E-state index contributed by atoms with van der Waals surface area (Å²) in [5.74, 6) is -0.930. The molecular weight excluding hydrogens is 180 g/mol. The predicted octanol–water partition coefficient (Wildman–Crippen LogP) is 1.58. The van der Waals surface area contributed by atoms with Gasteiger partial charge in [-0.25, -0.2) is 9.78 Å². The molecule has 0 unspecified atom stereocenters. The third kappa shape index (κ3) is 1.08. The van der Waals surface area contributed by atoms with Crippen LogP contribution in [0.1, 0.15) is 15.9 Å². The van der Waals surface area contributed by atoms with E-state index < -0.39 is 5.97 Å². The van der Waals surface area contributed by atoms with Gasteiger partial charge in [-0.05, 0) is 18.6 Å². The third-order valence-electron chi connectivity index (χ3n) is 2.39. The Labute approximate surface area is 80.8 Å². The zero-order chi connectivity index (χ0) is 10.3. The van der Waals surface area contributed by atoms with Gasteiger partial charge < -0.3 is 9.67 Å². The lowest BCUT2D eigenvalue weighted by atomic mass is 10.1. The van der Waals surface area contributed by atoms with Crippen molar-refractivity contribution in [2.45, 2.75) is 6.92 Å². The van der Waals surface area contributed by atoms with Crippen LogP contribution in [0.3, 0.4) is 0 Å². The maximum absolute atomic E-state index is 10.8. The van der Waals surface area contributed by atoms with Crippen LogP contribution < -0.4 is 0 Å². The molecule has 0 aromatic carbocycles. The van der Waals surface area contributed by atoms with Gasteiger partial charge in [-0.3, -0.25) is 0 Å². The monoisotopic (exact) mass is 190 g/mol. The molecule has 0 saturated carbocycles. The molecule has 0 amide bonds. The molecule has 0 spiro atoms. The molecule has 72 valence electrons. The van der Waals surface area contributed by atoms with Crippen molar-refractivity contribution in [2.75, 3.05) is 0 Å². The summed E-state index contributed by atoms with van der Waals surface area (Å²) in [6, 6.07) is 1.88. The fourth-order valence-electron chi connectivity index (χ4n) is 1.56. The molecule has 0 saturated heterocycles. The minimum atomic E-state index is -0.930. The Kier molecular flexibility index (Phi) is 1.77. The number of carbonyl (C=O) groups is 1. The fraction of sp³-hybridized carbons (Fsp3) is 0.200. The third-order valence-corrected chi connectivity index (χ3v) is 2.39. The highest BCUT2D eigenvalue weighted by atomic mass is 16.4. The fourth-order valence-corrected chi connectivity index (χ4v) is 1.56. The summed E-state index contributed by atoms with van der Waals surface area (Å²) in [6.45, 7) is 1.80. The lowest BCUT2D eigenvalue weighted by Crippen LogP contribution is -2.01. The predicted molar refractivity (Wildman–Crippen MR) is 52.4 cm³/mol. The Morgan fingerprint density at radius 2 is 2.29 bits per heavy atom. The number of carboxylic acid groups (broad SMARTS) is 1. The van der Waals surface area contributed by atoms with Crippen LogP contribution >= 0.6 is 0 Å². The smallest absolute Gasteiger partial charge is 0.337 e. The summed E-state index contributed by atoms with van der Waals surface area (Å²) in [6.07, 6.45) is 3.27. The van der Waals surface area contributed by atoms with Crippen molar-refractivity contribution in [3.8, 4) is 0 Å². The first-order chi connectivity index (χ1) is 6.61. The van der Waals surface area contributed by atoms with Gasteiger partial charge in [0.2, 0.25) is 0 Å². The van der Waals surface area contributed by atoms with Crippen LogP contribution in [0.25, 0.3) is 11.0 Å². The van der Waals surface area contributed by atoms with Crippen LogP contribution in [0, 0.1) is 6.92 Å². The van der Waals surface area contributed by atoms with E-state index >= 15 is 0 Å². The summed E-state index contributed by atoms with van der Waals surface area (Å²) in [5, 5.41) is 9.78. The Morgan fingerprint density at radius 3 is 2.93 bits per heavy atom. The normalized spacial score (nSPS) is 10.7. The molecule has 4 heteroatoms. The Balaban J connectivity index is 2.82. The summed E-state index contributed by atoms with van der Waals surface area (Å²) in [7, 11) is 1.88. The van der Waals surface area contributed by atoms with Gasteiger partial charge in [0.15, 0.2) is 0 Å². The van der Waals surface area contributed by atoms with Gasteiger partial charge in [0.05, 0.1) is 5.56 Å². The average Bonchev–Trinajstić information content (AvgIpc) is 2.49. The van der Waals surface area contributed by atoms with Crippen molar-refractivity contribution in [3.63, 3.8) is 0 Å². The van der Waals surface area contributed by atoms with Gasteiger partial charge in [0.1, 0.15) is 5.65 Å². The molecule has 4 nitrogen and oxygen atoms in total. The number of hydrogen-bond acceptors (Lipinski definition) is 2. The molecule has 2 heterocycles.